The Labute approximate surface area is 206 Å². The van der Waals surface area contributed by atoms with Crippen LogP contribution in [0.3, 0.4) is 0 Å². The predicted octanol–water partition coefficient (Wildman–Crippen LogP) is 5.64. The van der Waals surface area contributed by atoms with Crippen LogP contribution in [0.5, 0.6) is 5.75 Å². The number of aromatic nitrogens is 2. The van der Waals surface area contributed by atoms with E-state index < -0.39 is 0 Å². The van der Waals surface area contributed by atoms with Gasteiger partial charge in [-0.1, -0.05) is 30.9 Å². The van der Waals surface area contributed by atoms with Crippen LogP contribution in [-0.4, -0.2) is 41.5 Å². The number of nitrogens with zero attached hydrogens (tertiary/aromatic N) is 3. The van der Waals surface area contributed by atoms with Gasteiger partial charge in [0.25, 0.3) is 0 Å². The fourth-order valence-electron chi connectivity index (χ4n) is 5.35. The molecule has 1 amide bonds. The van der Waals surface area contributed by atoms with E-state index in [4.69, 9.17) is 21.3 Å². The number of piperidine rings is 1. The Hall–Kier alpha value is -2.73. The van der Waals surface area contributed by atoms with Gasteiger partial charge < -0.3 is 19.4 Å². The van der Waals surface area contributed by atoms with Crippen LogP contribution in [0.25, 0.3) is 16.9 Å². The highest BCUT2D eigenvalue weighted by atomic mass is 35.5. The Kier molecular flexibility index (Phi) is 6.68. The number of methoxy groups -OCH3 is 1. The number of hydrogen-bond donors (Lipinski definition) is 1. The lowest BCUT2D eigenvalue weighted by atomic mass is 9.92. The van der Waals surface area contributed by atoms with Crippen molar-refractivity contribution in [1.82, 2.24) is 14.7 Å². The minimum Gasteiger partial charge on any atom is -0.495 e. The smallest absolute Gasteiger partial charge is 0.223 e. The molecule has 1 aliphatic heterocycles. The summed E-state index contributed by atoms with van der Waals surface area (Å²) in [7, 11) is 1.62. The van der Waals surface area contributed by atoms with E-state index in [-0.39, 0.29) is 11.8 Å². The summed E-state index contributed by atoms with van der Waals surface area (Å²) in [5.74, 6) is 1.06. The van der Waals surface area contributed by atoms with Crippen LogP contribution in [-0.2, 0) is 4.79 Å². The van der Waals surface area contributed by atoms with Crippen LogP contribution in [0.1, 0.15) is 50.5 Å². The zero-order chi connectivity index (χ0) is 23.7. The number of aryl methyl sites for hydroxylation is 1. The molecule has 2 aromatic heterocycles. The van der Waals surface area contributed by atoms with Crippen molar-refractivity contribution < 1.29 is 9.53 Å². The molecule has 2 aliphatic rings. The lowest BCUT2D eigenvalue weighted by molar-refractivity contribution is -0.126. The molecule has 1 N–H and O–H groups in total. The van der Waals surface area contributed by atoms with Crippen LogP contribution in [0.4, 0.5) is 5.69 Å². The lowest BCUT2D eigenvalue weighted by Crippen LogP contribution is -2.44. The van der Waals surface area contributed by atoms with E-state index in [2.05, 4.69) is 28.5 Å². The molecule has 6 nitrogen and oxygen atoms in total. The van der Waals surface area contributed by atoms with Crippen LogP contribution in [0, 0.1) is 12.8 Å². The lowest BCUT2D eigenvalue weighted by Gasteiger charge is -2.34. The number of anilines is 1. The number of imidazole rings is 1. The first-order valence-electron chi connectivity index (χ1n) is 12.4. The number of ether oxygens (including phenoxy) is 1. The van der Waals surface area contributed by atoms with Gasteiger partial charge in [-0.15, -0.1) is 0 Å². The van der Waals surface area contributed by atoms with Gasteiger partial charge in [-0.25, -0.2) is 4.98 Å². The van der Waals surface area contributed by atoms with Crippen molar-refractivity contribution in [2.75, 3.05) is 25.1 Å². The third-order valence-electron chi connectivity index (χ3n) is 7.40. The van der Waals surface area contributed by atoms with E-state index in [0.717, 1.165) is 66.9 Å². The average Bonchev–Trinajstić information content (AvgIpc) is 3.29. The number of hydrogen-bond acceptors (Lipinski definition) is 4. The zero-order valence-corrected chi connectivity index (χ0v) is 20.8. The second-order valence-corrected chi connectivity index (χ2v) is 10.1. The molecule has 3 aromatic rings. The molecule has 180 valence electrons. The zero-order valence-electron chi connectivity index (χ0n) is 20.0. The van der Waals surface area contributed by atoms with Crippen molar-refractivity contribution in [3.63, 3.8) is 0 Å². The molecule has 3 heterocycles. The highest BCUT2D eigenvalue weighted by molar-refractivity contribution is 6.32. The molecular weight excluding hydrogens is 448 g/mol. The van der Waals surface area contributed by atoms with Gasteiger partial charge in [-0.2, -0.15) is 0 Å². The number of pyridine rings is 1. The molecule has 0 unspecified atom stereocenters. The quantitative estimate of drug-likeness (QED) is 0.513. The second-order valence-electron chi connectivity index (χ2n) is 9.68. The number of rotatable bonds is 5. The van der Waals surface area contributed by atoms with Crippen molar-refractivity contribution in [3.8, 4) is 17.0 Å². The standard InChI is InChI=1S/C27H33ClN4O2/c1-18-14-25(34-2)23(28)16-22(18)24-17-32-13-10-21(15-26(32)30-24)31-11-8-19(9-12-31)27(33)29-20-6-4-3-5-7-20/h10,13-17,19-20H,3-9,11-12H2,1-2H3,(H,29,33). The van der Waals surface area contributed by atoms with Gasteiger partial charge in [0.2, 0.25) is 5.91 Å². The van der Waals surface area contributed by atoms with Crippen LogP contribution in [0.2, 0.25) is 5.02 Å². The molecular formula is C27H33ClN4O2. The van der Waals surface area contributed by atoms with Gasteiger partial charge in [0.1, 0.15) is 11.4 Å². The number of fused-ring (bicyclic) bond motifs is 1. The van der Waals surface area contributed by atoms with E-state index in [9.17, 15) is 4.79 Å². The highest BCUT2D eigenvalue weighted by Crippen LogP contribution is 2.34. The van der Waals surface area contributed by atoms with E-state index in [1.54, 1.807) is 7.11 Å². The molecule has 1 aromatic carbocycles. The summed E-state index contributed by atoms with van der Waals surface area (Å²) in [6.07, 6.45) is 12.0. The van der Waals surface area contributed by atoms with Gasteiger partial charge in [0.05, 0.1) is 17.8 Å². The van der Waals surface area contributed by atoms with Gasteiger partial charge in [-0.05, 0) is 56.4 Å². The Morgan fingerprint density at radius 1 is 1.12 bits per heavy atom. The minimum atomic E-state index is 0.128. The Bertz CT molecular complexity index is 1180. The summed E-state index contributed by atoms with van der Waals surface area (Å²) in [6.45, 7) is 3.82. The SMILES string of the molecule is COc1cc(C)c(-c2cn3ccc(N4CCC(C(=O)NC5CCCCC5)CC4)cc3n2)cc1Cl. The topological polar surface area (TPSA) is 58.9 Å². The average molecular weight is 481 g/mol. The number of nitrogens with one attached hydrogen (secondary N) is 1. The van der Waals surface area contributed by atoms with E-state index >= 15 is 0 Å². The second kappa shape index (κ2) is 9.87. The van der Waals surface area contributed by atoms with Crippen molar-refractivity contribution in [1.29, 1.82) is 0 Å². The molecule has 0 bridgehead atoms. The third kappa shape index (κ3) is 4.74. The number of amides is 1. The Morgan fingerprint density at radius 2 is 1.88 bits per heavy atom. The van der Waals surface area contributed by atoms with Gasteiger partial charge >= 0.3 is 0 Å². The molecule has 1 aliphatic carbocycles. The number of halogens is 1. The van der Waals surface area contributed by atoms with E-state index in [0.29, 0.717) is 16.8 Å². The summed E-state index contributed by atoms with van der Waals surface area (Å²) < 4.78 is 7.37. The summed E-state index contributed by atoms with van der Waals surface area (Å²) in [4.78, 5) is 20.0. The summed E-state index contributed by atoms with van der Waals surface area (Å²) in [6, 6.07) is 8.52. The van der Waals surface area contributed by atoms with Crippen LogP contribution < -0.4 is 15.0 Å². The molecule has 7 heteroatoms. The molecule has 1 saturated heterocycles. The molecule has 0 atom stereocenters. The fourth-order valence-corrected chi connectivity index (χ4v) is 5.59. The maximum Gasteiger partial charge on any atom is 0.223 e. The van der Waals surface area contributed by atoms with Crippen molar-refractivity contribution in [2.45, 2.75) is 57.9 Å². The van der Waals surface area contributed by atoms with Crippen molar-refractivity contribution in [2.24, 2.45) is 5.92 Å². The molecule has 0 spiro atoms. The third-order valence-corrected chi connectivity index (χ3v) is 7.70. The van der Waals surface area contributed by atoms with Gasteiger partial charge in [-0.3, -0.25) is 4.79 Å². The molecule has 0 radical (unpaired) electrons. The summed E-state index contributed by atoms with van der Waals surface area (Å²) in [5.41, 5.74) is 5.01. The summed E-state index contributed by atoms with van der Waals surface area (Å²) in [5, 5.41) is 3.89. The first kappa shape index (κ1) is 23.0. The predicted molar refractivity (Wildman–Crippen MR) is 137 cm³/mol. The molecule has 1 saturated carbocycles. The fraction of sp³-hybridized carbons (Fsp3) is 0.481. The number of carbonyl (C=O) groups excluding carboxylic acids is 1. The minimum absolute atomic E-state index is 0.128. The van der Waals surface area contributed by atoms with Crippen molar-refractivity contribution in [3.05, 3.63) is 47.2 Å². The monoisotopic (exact) mass is 480 g/mol. The molecule has 34 heavy (non-hydrogen) atoms. The molecule has 5 rings (SSSR count). The Balaban J connectivity index is 1.26. The van der Waals surface area contributed by atoms with Crippen molar-refractivity contribution >= 4 is 28.8 Å². The van der Waals surface area contributed by atoms with Gasteiger partial charge in [0.15, 0.2) is 0 Å². The molecule has 2 fully saturated rings. The van der Waals surface area contributed by atoms with Gasteiger partial charge in [0, 0.05) is 54.8 Å². The largest absolute Gasteiger partial charge is 0.495 e. The first-order chi connectivity index (χ1) is 16.5. The van der Waals surface area contributed by atoms with E-state index in [1.165, 1.54) is 19.3 Å². The number of carbonyl (C=O) groups is 1. The maximum absolute atomic E-state index is 12.8. The summed E-state index contributed by atoms with van der Waals surface area (Å²) >= 11 is 6.37. The van der Waals surface area contributed by atoms with Crippen LogP contribution in [0.15, 0.2) is 36.7 Å². The van der Waals surface area contributed by atoms with E-state index in [1.807, 2.05) is 29.7 Å². The number of benzene rings is 1. The first-order valence-corrected chi connectivity index (χ1v) is 12.8. The van der Waals surface area contributed by atoms with Crippen LogP contribution >= 0.6 is 11.6 Å². The highest BCUT2D eigenvalue weighted by Gasteiger charge is 2.27. The maximum atomic E-state index is 12.8. The normalized spacial score (nSPS) is 17.8. The Morgan fingerprint density at radius 3 is 2.62 bits per heavy atom.